The van der Waals surface area contributed by atoms with Gasteiger partial charge in [-0.25, -0.2) is 14.8 Å². The first kappa shape index (κ1) is 32.4. The maximum atomic E-state index is 13.6. The fraction of sp³-hybridized carbons (Fsp3) is 0.379. The number of aromatic nitrogens is 6. The molecule has 0 aliphatic carbocycles. The van der Waals surface area contributed by atoms with E-state index >= 15 is 0 Å². The number of carbonyl (C=O) groups excluding carboxylic acids is 1. The Kier molecular flexibility index (Phi) is 9.03. The van der Waals surface area contributed by atoms with Crippen LogP contribution in [-0.4, -0.2) is 56.4 Å². The van der Waals surface area contributed by atoms with Gasteiger partial charge in [-0.3, -0.25) is 4.90 Å². The van der Waals surface area contributed by atoms with E-state index in [4.69, 9.17) is 9.47 Å². The molecule has 0 saturated carbocycles. The van der Waals surface area contributed by atoms with E-state index in [1.165, 1.54) is 24.3 Å². The number of amides is 1. The molecule has 0 fully saturated rings. The van der Waals surface area contributed by atoms with E-state index in [-0.39, 0.29) is 53.8 Å². The van der Waals surface area contributed by atoms with E-state index in [2.05, 4.69) is 35.9 Å². The number of alkyl halides is 6. The summed E-state index contributed by atoms with van der Waals surface area (Å²) in [6, 6.07) is 5.25. The number of nitrogens with one attached hydrogen (secondary N) is 2. The van der Waals surface area contributed by atoms with Crippen LogP contribution in [0.25, 0.3) is 11.4 Å². The molecule has 17 heteroatoms. The molecule has 1 aliphatic rings. The summed E-state index contributed by atoms with van der Waals surface area (Å²) < 4.78 is 92.5. The Labute approximate surface area is 258 Å². The first-order valence-corrected chi connectivity index (χ1v) is 14.1. The highest BCUT2D eigenvalue weighted by molar-refractivity contribution is 5.90. The maximum absolute atomic E-state index is 13.6. The number of hydrogen-bond donors (Lipinski definition) is 2. The highest BCUT2D eigenvalue weighted by Crippen LogP contribution is 2.41. The molecule has 1 aromatic carbocycles. The lowest BCUT2D eigenvalue weighted by atomic mass is 9.93. The third-order valence-corrected chi connectivity index (χ3v) is 7.41. The quantitative estimate of drug-likeness (QED) is 0.203. The number of fused-ring (bicyclic) bond motifs is 1. The lowest BCUT2D eigenvalue weighted by Gasteiger charge is -2.39. The Balaban J connectivity index is 1.60. The summed E-state index contributed by atoms with van der Waals surface area (Å²) in [5, 5.41) is 16.9. The Hall–Kier alpha value is -4.96. The van der Waals surface area contributed by atoms with Crippen LogP contribution < -0.4 is 15.0 Å². The van der Waals surface area contributed by atoms with Gasteiger partial charge >= 0.3 is 18.4 Å². The van der Waals surface area contributed by atoms with Crippen molar-refractivity contribution in [3.8, 4) is 17.3 Å². The second kappa shape index (κ2) is 12.8. The molecule has 3 aromatic heterocycles. The van der Waals surface area contributed by atoms with Crippen molar-refractivity contribution in [2.24, 2.45) is 0 Å². The molecule has 2 unspecified atom stereocenters. The number of hydrogen-bond acceptors (Lipinski definition) is 9. The number of aromatic amines is 1. The van der Waals surface area contributed by atoms with Gasteiger partial charge in [-0.05, 0) is 66.4 Å². The molecule has 2 N–H and O–H groups in total. The molecule has 5 rings (SSSR count). The number of benzene rings is 1. The molecule has 0 spiro atoms. The number of halogens is 6. The third-order valence-electron chi connectivity index (χ3n) is 7.41. The zero-order chi connectivity index (χ0) is 33.2. The summed E-state index contributed by atoms with van der Waals surface area (Å²) in [5.41, 5.74) is -1.69. The minimum absolute atomic E-state index is 0.0782. The van der Waals surface area contributed by atoms with Gasteiger partial charge in [-0.1, -0.05) is 6.92 Å². The van der Waals surface area contributed by atoms with Gasteiger partial charge in [0.25, 0.3) is 0 Å². The Bertz CT molecular complexity index is 1670. The summed E-state index contributed by atoms with van der Waals surface area (Å²) in [6.07, 6.45) is -8.71. The van der Waals surface area contributed by atoms with Gasteiger partial charge in [0.15, 0.2) is 0 Å². The van der Waals surface area contributed by atoms with Crippen LogP contribution >= 0.6 is 0 Å². The Morgan fingerprint density at radius 3 is 2.37 bits per heavy atom. The summed E-state index contributed by atoms with van der Waals surface area (Å²) >= 11 is 0. The summed E-state index contributed by atoms with van der Waals surface area (Å²) in [5.74, 6) is 0.540. The van der Waals surface area contributed by atoms with Crippen molar-refractivity contribution in [3.63, 3.8) is 0 Å². The first-order chi connectivity index (χ1) is 21.8. The van der Waals surface area contributed by atoms with Gasteiger partial charge < -0.3 is 14.8 Å². The minimum atomic E-state index is -5.02. The minimum Gasteiger partial charge on any atom is -0.481 e. The molecule has 46 heavy (non-hydrogen) atoms. The fourth-order valence-corrected chi connectivity index (χ4v) is 5.31. The number of anilines is 2. The number of carbonyl (C=O) groups is 1. The highest BCUT2D eigenvalue weighted by atomic mass is 19.4. The molecule has 4 heterocycles. The number of rotatable bonds is 8. The average Bonchev–Trinajstić information content (AvgIpc) is 3.56. The number of pyridine rings is 2. The van der Waals surface area contributed by atoms with E-state index in [0.717, 1.165) is 0 Å². The predicted molar refractivity (Wildman–Crippen MR) is 152 cm³/mol. The van der Waals surface area contributed by atoms with Crippen LogP contribution in [-0.2, 0) is 23.5 Å². The maximum Gasteiger partial charge on any atom is 0.416 e. The van der Waals surface area contributed by atoms with E-state index in [1.807, 2.05) is 6.92 Å². The molecule has 2 atom stereocenters. The van der Waals surface area contributed by atoms with Crippen molar-refractivity contribution in [1.82, 2.24) is 30.6 Å². The van der Waals surface area contributed by atoms with Crippen LogP contribution in [0.2, 0.25) is 0 Å². The molecular weight excluding hydrogens is 622 g/mol. The molecule has 1 aliphatic heterocycles. The number of methoxy groups -OCH3 is 1. The second-order valence-corrected chi connectivity index (χ2v) is 10.4. The molecule has 11 nitrogen and oxygen atoms in total. The lowest BCUT2D eigenvalue weighted by molar-refractivity contribution is -0.143. The number of tetrazole rings is 1. The van der Waals surface area contributed by atoms with Gasteiger partial charge in [-0.15, -0.1) is 10.2 Å². The molecule has 244 valence electrons. The van der Waals surface area contributed by atoms with E-state index in [1.54, 1.807) is 19.1 Å². The van der Waals surface area contributed by atoms with Gasteiger partial charge in [0.2, 0.25) is 11.7 Å². The van der Waals surface area contributed by atoms with Crippen molar-refractivity contribution < 1.29 is 40.6 Å². The van der Waals surface area contributed by atoms with Crippen LogP contribution in [0, 0.1) is 0 Å². The molecule has 0 radical (unpaired) electrons. The van der Waals surface area contributed by atoms with Crippen molar-refractivity contribution in [2.45, 2.75) is 57.5 Å². The molecule has 0 bridgehead atoms. The van der Waals surface area contributed by atoms with Gasteiger partial charge in [-0.2, -0.15) is 31.6 Å². The molecular formula is C29H28F6N8O3. The van der Waals surface area contributed by atoms with Crippen molar-refractivity contribution in [2.75, 3.05) is 23.9 Å². The zero-order valence-electron chi connectivity index (χ0n) is 24.7. The number of H-pyrrole nitrogens is 1. The largest absolute Gasteiger partial charge is 0.481 e. The molecule has 4 aromatic rings. The van der Waals surface area contributed by atoms with Crippen LogP contribution in [0.1, 0.15) is 60.7 Å². The Morgan fingerprint density at radius 2 is 1.78 bits per heavy atom. The second-order valence-electron chi connectivity index (χ2n) is 10.4. The fourth-order valence-electron chi connectivity index (χ4n) is 5.31. The number of ether oxygens (including phenoxy) is 2. The van der Waals surface area contributed by atoms with Crippen molar-refractivity contribution >= 4 is 17.6 Å². The summed E-state index contributed by atoms with van der Waals surface area (Å²) in [7, 11) is 1.43. The van der Waals surface area contributed by atoms with Crippen LogP contribution in [0.15, 0.2) is 42.6 Å². The van der Waals surface area contributed by atoms with Gasteiger partial charge in [0.1, 0.15) is 5.82 Å². The smallest absolute Gasteiger partial charge is 0.416 e. The van der Waals surface area contributed by atoms with E-state index in [0.29, 0.717) is 41.9 Å². The van der Waals surface area contributed by atoms with Gasteiger partial charge in [0, 0.05) is 30.3 Å². The zero-order valence-corrected chi connectivity index (χ0v) is 24.7. The van der Waals surface area contributed by atoms with Crippen LogP contribution in [0.4, 0.5) is 42.6 Å². The van der Waals surface area contributed by atoms with Gasteiger partial charge in [0.05, 0.1) is 42.3 Å². The lowest BCUT2D eigenvalue weighted by Crippen LogP contribution is -2.46. The molecule has 1 amide bonds. The van der Waals surface area contributed by atoms with E-state index < -0.39 is 35.6 Å². The van der Waals surface area contributed by atoms with E-state index in [9.17, 15) is 31.1 Å². The first-order valence-electron chi connectivity index (χ1n) is 14.1. The topological polar surface area (TPSA) is 131 Å². The van der Waals surface area contributed by atoms with Crippen molar-refractivity contribution in [1.29, 1.82) is 0 Å². The standard InChI is InChI=1S/C29H28F6N8O3/c1-4-20-13-21(24-22(6-7-23(38-24)45-3)43(20)27(44)46-5-2)37-25-16(11-17(14-36-25)26-39-41-42-40-26)8-15-9-18(28(30,31)32)12-19(10-15)29(33,34)35/h6-7,9-12,14,20-21H,4-5,8,13H2,1-3H3,(H,36,37)(H,39,40,41,42). The highest BCUT2D eigenvalue weighted by Gasteiger charge is 2.39. The SMILES string of the molecule is CCOC(=O)N1c2ccc(OC)nc2C(Nc2ncc(-c3nn[nH]n3)cc2Cc2cc(C(F)(F)F)cc(C(F)(F)F)c2)CC1CC. The average molecular weight is 651 g/mol. The van der Waals surface area contributed by atoms with Crippen molar-refractivity contribution in [3.05, 3.63) is 70.5 Å². The number of nitrogens with zero attached hydrogens (tertiary/aromatic N) is 6. The molecule has 0 saturated heterocycles. The van der Waals surface area contributed by atoms with Crippen LogP contribution in [0.3, 0.4) is 0 Å². The normalized spacial score (nSPS) is 16.6. The Morgan fingerprint density at radius 1 is 1.07 bits per heavy atom. The predicted octanol–water partition coefficient (Wildman–Crippen LogP) is 6.59. The summed E-state index contributed by atoms with van der Waals surface area (Å²) in [4.78, 5) is 23.5. The van der Waals surface area contributed by atoms with Crippen LogP contribution in [0.5, 0.6) is 5.88 Å². The monoisotopic (exact) mass is 650 g/mol. The third kappa shape index (κ3) is 6.82. The summed E-state index contributed by atoms with van der Waals surface area (Å²) in [6.45, 7) is 3.73.